The fraction of sp³-hybridized carbons (Fsp3) is 0.467. The second-order valence-corrected chi connectivity index (χ2v) is 4.69. The molecule has 1 aliphatic rings. The molecule has 1 aromatic carbocycles. The molecule has 0 spiro atoms. The van der Waals surface area contributed by atoms with E-state index in [-0.39, 0.29) is 5.91 Å². The third-order valence-corrected chi connectivity index (χ3v) is 3.32. The fourth-order valence-electron chi connectivity index (χ4n) is 2.41. The number of carbonyl (C=O) groups excluding carboxylic acids is 2. The van der Waals surface area contributed by atoms with Gasteiger partial charge in [-0.05, 0) is 43.5 Å². The van der Waals surface area contributed by atoms with Gasteiger partial charge in [0, 0.05) is 24.3 Å². The summed E-state index contributed by atoms with van der Waals surface area (Å²) in [4.78, 5) is 25.1. The van der Waals surface area contributed by atoms with Gasteiger partial charge in [0.05, 0.1) is 6.61 Å². The van der Waals surface area contributed by atoms with E-state index < -0.39 is 6.09 Å². The van der Waals surface area contributed by atoms with E-state index >= 15 is 0 Å². The molecule has 2 rings (SSSR count). The zero-order valence-corrected chi connectivity index (χ0v) is 11.9. The average Bonchev–Trinajstić information content (AvgIpc) is 2.45. The number of nitrogens with zero attached hydrogens (tertiary/aromatic N) is 1. The Balaban J connectivity index is 2.19. The maximum atomic E-state index is 11.9. The molecule has 0 radical (unpaired) electrons. The number of hydrogen-bond donors (Lipinski definition) is 1. The average molecular weight is 276 g/mol. The molecular formula is C15H20N2O3. The highest BCUT2D eigenvalue weighted by Crippen LogP contribution is 2.30. The van der Waals surface area contributed by atoms with E-state index in [2.05, 4.69) is 5.32 Å². The van der Waals surface area contributed by atoms with Crippen molar-refractivity contribution in [2.75, 3.05) is 23.4 Å². The Morgan fingerprint density at radius 1 is 1.35 bits per heavy atom. The molecule has 1 aromatic rings. The van der Waals surface area contributed by atoms with E-state index in [0.29, 0.717) is 18.7 Å². The van der Waals surface area contributed by atoms with Crippen LogP contribution in [0.15, 0.2) is 18.2 Å². The largest absolute Gasteiger partial charge is 0.450 e. The van der Waals surface area contributed by atoms with Gasteiger partial charge in [-0.25, -0.2) is 4.79 Å². The molecule has 0 aliphatic carbocycles. The molecule has 0 saturated heterocycles. The van der Waals surface area contributed by atoms with Crippen LogP contribution in [0.4, 0.5) is 16.2 Å². The Hall–Kier alpha value is -2.04. The van der Waals surface area contributed by atoms with Crippen LogP contribution in [0.2, 0.25) is 0 Å². The zero-order valence-electron chi connectivity index (χ0n) is 11.9. The van der Waals surface area contributed by atoms with Crippen molar-refractivity contribution in [2.24, 2.45) is 0 Å². The number of amides is 2. The summed E-state index contributed by atoms with van der Waals surface area (Å²) < 4.78 is 4.85. The number of nitrogens with one attached hydrogen (secondary N) is 1. The number of rotatable bonds is 3. The summed E-state index contributed by atoms with van der Waals surface area (Å²) in [5, 5.41) is 2.69. The number of benzene rings is 1. The lowest BCUT2D eigenvalue weighted by molar-refractivity contribution is -0.118. The van der Waals surface area contributed by atoms with Gasteiger partial charge in [0.2, 0.25) is 5.91 Å². The Morgan fingerprint density at radius 3 is 2.85 bits per heavy atom. The molecule has 0 atom stereocenters. The van der Waals surface area contributed by atoms with Crippen LogP contribution in [-0.4, -0.2) is 25.2 Å². The standard InChI is InChI=1S/C15H20N2O3/c1-3-14(18)17-9-5-6-11-10-12(7-8-13(11)17)16-15(19)20-4-2/h7-8,10H,3-6,9H2,1-2H3,(H,16,19). The second kappa shape index (κ2) is 6.41. The smallest absolute Gasteiger partial charge is 0.411 e. The molecule has 0 unspecified atom stereocenters. The normalized spacial score (nSPS) is 13.6. The molecular weight excluding hydrogens is 256 g/mol. The van der Waals surface area contributed by atoms with Gasteiger partial charge >= 0.3 is 6.09 Å². The first-order valence-electron chi connectivity index (χ1n) is 7.02. The number of hydrogen-bond acceptors (Lipinski definition) is 3. The second-order valence-electron chi connectivity index (χ2n) is 4.69. The predicted octanol–water partition coefficient (Wildman–Crippen LogP) is 2.94. The SMILES string of the molecule is CCOC(=O)Nc1ccc2c(c1)CCCN2C(=O)CC. The van der Waals surface area contributed by atoms with Gasteiger partial charge in [-0.3, -0.25) is 10.1 Å². The van der Waals surface area contributed by atoms with Gasteiger partial charge in [-0.2, -0.15) is 0 Å². The maximum absolute atomic E-state index is 11.9. The molecule has 0 fully saturated rings. The van der Waals surface area contributed by atoms with Crippen LogP contribution < -0.4 is 10.2 Å². The van der Waals surface area contributed by atoms with Gasteiger partial charge in [-0.1, -0.05) is 6.92 Å². The van der Waals surface area contributed by atoms with Crippen LogP contribution in [0.1, 0.15) is 32.3 Å². The molecule has 1 N–H and O–H groups in total. The third kappa shape index (κ3) is 3.10. The molecule has 0 bridgehead atoms. The summed E-state index contributed by atoms with van der Waals surface area (Å²) in [6, 6.07) is 5.61. The first-order valence-corrected chi connectivity index (χ1v) is 7.02. The summed E-state index contributed by atoms with van der Waals surface area (Å²) in [7, 11) is 0. The Labute approximate surface area is 118 Å². The van der Waals surface area contributed by atoms with Crippen LogP contribution >= 0.6 is 0 Å². The Kier molecular flexibility index (Phi) is 4.61. The lowest BCUT2D eigenvalue weighted by Gasteiger charge is -2.29. The zero-order chi connectivity index (χ0) is 14.5. The van der Waals surface area contributed by atoms with Crippen LogP contribution in [0.5, 0.6) is 0 Å². The number of anilines is 2. The van der Waals surface area contributed by atoms with E-state index in [1.807, 2.05) is 24.0 Å². The summed E-state index contributed by atoms with van der Waals surface area (Å²) in [5.41, 5.74) is 2.75. The Morgan fingerprint density at radius 2 is 2.15 bits per heavy atom. The maximum Gasteiger partial charge on any atom is 0.411 e. The van der Waals surface area contributed by atoms with Crippen molar-refractivity contribution in [3.05, 3.63) is 23.8 Å². The van der Waals surface area contributed by atoms with E-state index in [9.17, 15) is 9.59 Å². The van der Waals surface area contributed by atoms with Crippen LogP contribution in [-0.2, 0) is 16.0 Å². The van der Waals surface area contributed by atoms with Crippen molar-refractivity contribution < 1.29 is 14.3 Å². The molecule has 2 amide bonds. The first-order chi connectivity index (χ1) is 9.65. The molecule has 20 heavy (non-hydrogen) atoms. The van der Waals surface area contributed by atoms with Gasteiger partial charge in [0.15, 0.2) is 0 Å². The fourth-order valence-corrected chi connectivity index (χ4v) is 2.41. The highest BCUT2D eigenvalue weighted by Gasteiger charge is 2.21. The summed E-state index contributed by atoms with van der Waals surface area (Å²) >= 11 is 0. The van der Waals surface area contributed by atoms with Crippen molar-refractivity contribution in [1.82, 2.24) is 0 Å². The lowest BCUT2D eigenvalue weighted by atomic mass is 10.0. The molecule has 1 heterocycles. The van der Waals surface area contributed by atoms with Gasteiger partial charge in [0.1, 0.15) is 0 Å². The number of fused-ring (bicyclic) bond motifs is 1. The third-order valence-electron chi connectivity index (χ3n) is 3.32. The van der Waals surface area contributed by atoms with Crippen molar-refractivity contribution in [3.8, 4) is 0 Å². The van der Waals surface area contributed by atoms with Crippen molar-refractivity contribution in [2.45, 2.75) is 33.1 Å². The molecule has 0 aromatic heterocycles. The number of ether oxygens (including phenoxy) is 1. The number of aryl methyl sites for hydroxylation is 1. The van der Waals surface area contributed by atoms with Gasteiger partial charge in [0.25, 0.3) is 0 Å². The lowest BCUT2D eigenvalue weighted by Crippen LogP contribution is -2.34. The van der Waals surface area contributed by atoms with E-state index in [1.54, 1.807) is 13.0 Å². The first kappa shape index (κ1) is 14.4. The van der Waals surface area contributed by atoms with Crippen LogP contribution in [0.3, 0.4) is 0 Å². The van der Waals surface area contributed by atoms with Gasteiger partial charge in [-0.15, -0.1) is 0 Å². The van der Waals surface area contributed by atoms with Crippen LogP contribution in [0, 0.1) is 0 Å². The van der Waals surface area contributed by atoms with E-state index in [0.717, 1.165) is 30.6 Å². The molecule has 5 nitrogen and oxygen atoms in total. The topological polar surface area (TPSA) is 58.6 Å². The predicted molar refractivity (Wildman–Crippen MR) is 78.1 cm³/mol. The Bertz CT molecular complexity index is 514. The highest BCUT2D eigenvalue weighted by molar-refractivity contribution is 5.95. The summed E-state index contributed by atoms with van der Waals surface area (Å²) in [5.74, 6) is 0.136. The quantitative estimate of drug-likeness (QED) is 0.923. The van der Waals surface area contributed by atoms with Crippen molar-refractivity contribution in [3.63, 3.8) is 0 Å². The highest BCUT2D eigenvalue weighted by atomic mass is 16.5. The molecule has 0 saturated carbocycles. The minimum Gasteiger partial charge on any atom is -0.450 e. The monoisotopic (exact) mass is 276 g/mol. The van der Waals surface area contributed by atoms with Crippen molar-refractivity contribution >= 4 is 23.4 Å². The minimum absolute atomic E-state index is 0.136. The summed E-state index contributed by atoms with van der Waals surface area (Å²) in [6.45, 7) is 4.74. The van der Waals surface area contributed by atoms with Crippen LogP contribution in [0.25, 0.3) is 0 Å². The number of carbonyl (C=O) groups is 2. The summed E-state index contributed by atoms with van der Waals surface area (Å²) in [6.07, 6.45) is 1.91. The molecule has 5 heteroatoms. The van der Waals surface area contributed by atoms with E-state index in [1.165, 1.54) is 0 Å². The minimum atomic E-state index is -0.454. The molecule has 1 aliphatic heterocycles. The molecule has 108 valence electrons. The van der Waals surface area contributed by atoms with E-state index in [4.69, 9.17) is 4.74 Å². The van der Waals surface area contributed by atoms with Crippen molar-refractivity contribution in [1.29, 1.82) is 0 Å². The van der Waals surface area contributed by atoms with Gasteiger partial charge < -0.3 is 9.64 Å².